The molecule has 2 aromatic carbocycles. The van der Waals surface area contributed by atoms with Crippen LogP contribution in [0.25, 0.3) is 11.1 Å². The Bertz CT molecular complexity index is 1010. The van der Waals surface area contributed by atoms with E-state index in [2.05, 4.69) is 33.0 Å². The number of nitrogens with zero attached hydrogens (tertiary/aromatic N) is 3. The number of hydrogen-bond acceptors (Lipinski definition) is 5. The number of aliphatic hydroxyl groups excluding tert-OH is 1. The molecule has 4 rings (SSSR count). The molecular formula is C24H30N4O2. The fraction of sp³-hybridized carbons (Fsp3) is 0.417. The number of carbonyl (C=O) groups is 1. The number of aryl methyl sites for hydroxylation is 1. The quantitative estimate of drug-likeness (QED) is 0.772. The number of benzene rings is 2. The molecule has 0 aromatic heterocycles. The zero-order valence-electron chi connectivity index (χ0n) is 18.0. The molecule has 30 heavy (non-hydrogen) atoms. The molecule has 158 valence electrons. The molecule has 3 N–H and O–H groups in total. The lowest BCUT2D eigenvalue weighted by molar-refractivity contribution is 0.1000. The molecule has 0 bridgehead atoms. The third-order valence-corrected chi connectivity index (χ3v) is 6.18. The second kappa shape index (κ2) is 8.20. The van der Waals surface area contributed by atoms with Gasteiger partial charge in [0.05, 0.1) is 23.0 Å². The number of carbonyl (C=O) groups excluding carboxylic acids is 1. The van der Waals surface area contributed by atoms with Crippen molar-refractivity contribution in [3.63, 3.8) is 0 Å². The minimum atomic E-state index is -0.420. The molecule has 0 saturated carbocycles. The number of nitrogens with two attached hydrogens (primary N) is 1. The van der Waals surface area contributed by atoms with Gasteiger partial charge in [0.15, 0.2) is 0 Å². The molecule has 1 aliphatic heterocycles. The fourth-order valence-electron chi connectivity index (χ4n) is 4.50. The normalized spacial score (nSPS) is 17.2. The summed E-state index contributed by atoms with van der Waals surface area (Å²) >= 11 is 0. The van der Waals surface area contributed by atoms with E-state index in [4.69, 9.17) is 5.73 Å². The molecule has 6 heteroatoms. The van der Waals surface area contributed by atoms with Gasteiger partial charge in [0.2, 0.25) is 0 Å². The summed E-state index contributed by atoms with van der Waals surface area (Å²) in [5.74, 6) is -0.420. The highest BCUT2D eigenvalue weighted by atomic mass is 16.3. The topological polar surface area (TPSA) is 82.2 Å². The number of hydrogen-bond donors (Lipinski definition) is 2. The molecular weight excluding hydrogens is 376 g/mol. The summed E-state index contributed by atoms with van der Waals surface area (Å²) in [5.41, 5.74) is 13.1. The van der Waals surface area contributed by atoms with E-state index in [1.54, 1.807) is 0 Å². The Morgan fingerprint density at radius 3 is 2.77 bits per heavy atom. The average molecular weight is 407 g/mol. The van der Waals surface area contributed by atoms with Crippen molar-refractivity contribution < 1.29 is 9.90 Å². The van der Waals surface area contributed by atoms with Crippen LogP contribution < -0.4 is 10.6 Å². The van der Waals surface area contributed by atoms with Crippen LogP contribution >= 0.6 is 0 Å². The van der Waals surface area contributed by atoms with Crippen LogP contribution in [0.1, 0.15) is 46.0 Å². The van der Waals surface area contributed by atoms with Crippen molar-refractivity contribution in [2.45, 2.75) is 31.8 Å². The monoisotopic (exact) mass is 406 g/mol. The number of amides is 1. The molecule has 1 amide bonds. The molecule has 2 aliphatic rings. The Morgan fingerprint density at radius 2 is 2.03 bits per heavy atom. The van der Waals surface area contributed by atoms with Crippen LogP contribution in [0.2, 0.25) is 0 Å². The van der Waals surface area contributed by atoms with Crippen LogP contribution in [-0.2, 0) is 12.8 Å². The highest BCUT2D eigenvalue weighted by Gasteiger charge is 2.26. The summed E-state index contributed by atoms with van der Waals surface area (Å²) in [6.45, 7) is 1.64. The molecule has 0 fully saturated rings. The van der Waals surface area contributed by atoms with E-state index < -0.39 is 12.0 Å². The summed E-state index contributed by atoms with van der Waals surface area (Å²) in [5, 5.41) is 10.5. The van der Waals surface area contributed by atoms with Crippen molar-refractivity contribution in [1.29, 1.82) is 0 Å². The Kier molecular flexibility index (Phi) is 5.62. The Balaban J connectivity index is 1.85. The van der Waals surface area contributed by atoms with E-state index in [1.807, 2.05) is 33.4 Å². The van der Waals surface area contributed by atoms with Gasteiger partial charge in [-0.15, -0.1) is 0 Å². The number of anilines is 1. The lowest BCUT2D eigenvalue weighted by Crippen LogP contribution is -2.30. The number of primary amides is 1. The SMILES string of the molecule is CN(C)CCN(C)c1cc(-c2ccc3c(c2)C(O)CCC3)c2c(c1C(N)=O)CC=N2. The van der Waals surface area contributed by atoms with Gasteiger partial charge in [0.1, 0.15) is 0 Å². The van der Waals surface area contributed by atoms with E-state index >= 15 is 0 Å². The van der Waals surface area contributed by atoms with Crippen molar-refractivity contribution >= 4 is 23.5 Å². The fourth-order valence-corrected chi connectivity index (χ4v) is 4.50. The third kappa shape index (κ3) is 3.73. The zero-order chi connectivity index (χ0) is 21.4. The predicted octanol–water partition coefficient (Wildman–Crippen LogP) is 3.08. The van der Waals surface area contributed by atoms with E-state index in [1.165, 1.54) is 5.56 Å². The maximum Gasteiger partial charge on any atom is 0.251 e. The van der Waals surface area contributed by atoms with Gasteiger partial charge in [0.25, 0.3) is 5.91 Å². The zero-order valence-corrected chi connectivity index (χ0v) is 18.0. The molecule has 1 atom stereocenters. The average Bonchev–Trinajstić information content (AvgIpc) is 3.20. The van der Waals surface area contributed by atoms with Crippen LogP contribution in [0.4, 0.5) is 11.4 Å². The van der Waals surface area contributed by atoms with Gasteiger partial charge in [-0.3, -0.25) is 9.79 Å². The highest BCUT2D eigenvalue weighted by molar-refractivity contribution is 6.06. The third-order valence-electron chi connectivity index (χ3n) is 6.18. The molecule has 6 nitrogen and oxygen atoms in total. The Labute approximate surface area is 178 Å². The van der Waals surface area contributed by atoms with Crippen molar-refractivity contribution in [3.8, 4) is 11.1 Å². The summed E-state index contributed by atoms with van der Waals surface area (Å²) in [4.78, 5) is 21.2. The van der Waals surface area contributed by atoms with E-state index in [-0.39, 0.29) is 0 Å². The van der Waals surface area contributed by atoms with Gasteiger partial charge in [-0.05, 0) is 67.7 Å². The number of likely N-dealkylation sites (N-methyl/N-ethyl adjacent to an activating group) is 2. The number of aliphatic hydroxyl groups is 1. The first-order valence-corrected chi connectivity index (χ1v) is 10.6. The number of rotatable bonds is 6. The standard InChI is InChI=1S/C24H30N4O2/c1-27(2)11-12-28(3)20-14-19(23-17(9-10-26-23)22(20)24(25)30)16-8-7-15-5-4-6-21(29)18(15)13-16/h7-8,10,13-14,21,29H,4-6,9,11-12H2,1-3H3,(H2,25,30). The maximum atomic E-state index is 12.4. The molecule has 0 spiro atoms. The highest BCUT2D eigenvalue weighted by Crippen LogP contribution is 2.44. The van der Waals surface area contributed by atoms with Gasteiger partial charge in [0, 0.05) is 38.3 Å². The lowest BCUT2D eigenvalue weighted by atomic mass is 9.86. The minimum absolute atomic E-state index is 0.419. The van der Waals surface area contributed by atoms with Crippen LogP contribution in [0.15, 0.2) is 29.3 Å². The molecule has 1 aliphatic carbocycles. The largest absolute Gasteiger partial charge is 0.388 e. The molecule has 0 saturated heterocycles. The summed E-state index contributed by atoms with van der Waals surface area (Å²) in [6, 6.07) is 8.35. The van der Waals surface area contributed by atoms with Crippen LogP contribution in [-0.4, -0.2) is 56.4 Å². The first-order valence-electron chi connectivity index (χ1n) is 10.6. The molecule has 1 unspecified atom stereocenters. The van der Waals surface area contributed by atoms with Crippen LogP contribution in [0, 0.1) is 0 Å². The van der Waals surface area contributed by atoms with Crippen molar-refractivity contribution in [2.75, 3.05) is 39.1 Å². The summed E-state index contributed by atoms with van der Waals surface area (Å²) in [6.07, 6.45) is 4.84. The first kappa shape index (κ1) is 20.6. The number of aliphatic imine (C=N–C) groups is 1. The Hall–Kier alpha value is -2.70. The van der Waals surface area contributed by atoms with E-state index in [9.17, 15) is 9.90 Å². The second-order valence-electron chi connectivity index (χ2n) is 8.57. The summed E-state index contributed by atoms with van der Waals surface area (Å²) in [7, 11) is 6.06. The van der Waals surface area contributed by atoms with Gasteiger partial charge >= 0.3 is 0 Å². The number of fused-ring (bicyclic) bond motifs is 2. The van der Waals surface area contributed by atoms with Gasteiger partial charge in [-0.25, -0.2) is 0 Å². The van der Waals surface area contributed by atoms with Crippen LogP contribution in [0.5, 0.6) is 0 Å². The van der Waals surface area contributed by atoms with Crippen molar-refractivity contribution in [1.82, 2.24) is 4.90 Å². The van der Waals surface area contributed by atoms with E-state index in [0.717, 1.165) is 66.0 Å². The van der Waals surface area contributed by atoms with Gasteiger partial charge in [-0.2, -0.15) is 0 Å². The smallest absolute Gasteiger partial charge is 0.251 e. The van der Waals surface area contributed by atoms with Gasteiger partial charge < -0.3 is 20.6 Å². The predicted molar refractivity (Wildman–Crippen MR) is 122 cm³/mol. The molecule has 0 radical (unpaired) electrons. The minimum Gasteiger partial charge on any atom is -0.388 e. The maximum absolute atomic E-state index is 12.4. The Morgan fingerprint density at radius 1 is 1.23 bits per heavy atom. The van der Waals surface area contributed by atoms with Crippen LogP contribution in [0.3, 0.4) is 0 Å². The van der Waals surface area contributed by atoms with Gasteiger partial charge in [-0.1, -0.05) is 12.1 Å². The second-order valence-corrected chi connectivity index (χ2v) is 8.57. The lowest BCUT2D eigenvalue weighted by Gasteiger charge is -2.26. The molecule has 2 aromatic rings. The molecule has 1 heterocycles. The van der Waals surface area contributed by atoms with Crippen molar-refractivity contribution in [3.05, 3.63) is 46.5 Å². The first-order chi connectivity index (χ1) is 14.4. The summed E-state index contributed by atoms with van der Waals surface area (Å²) < 4.78 is 0. The van der Waals surface area contributed by atoms with E-state index in [0.29, 0.717) is 12.0 Å². The van der Waals surface area contributed by atoms with Crippen molar-refractivity contribution in [2.24, 2.45) is 10.7 Å².